The summed E-state index contributed by atoms with van der Waals surface area (Å²) in [6.45, 7) is 7.93. The van der Waals surface area contributed by atoms with Crippen molar-refractivity contribution >= 4 is 17.1 Å². The van der Waals surface area contributed by atoms with E-state index in [-0.39, 0.29) is 0 Å². The molecule has 0 saturated carbocycles. The first kappa shape index (κ1) is 14.7. The molecule has 19 heavy (non-hydrogen) atoms. The summed E-state index contributed by atoms with van der Waals surface area (Å²) in [7, 11) is 0. The number of ketones is 1. The van der Waals surface area contributed by atoms with E-state index >= 15 is 0 Å². The quantitative estimate of drug-likeness (QED) is 0.846. The molecule has 0 N–H and O–H groups in total. The molecule has 0 bridgehead atoms. The van der Waals surface area contributed by atoms with E-state index in [9.17, 15) is 4.79 Å². The van der Waals surface area contributed by atoms with Crippen LogP contribution in [-0.2, 0) is 11.3 Å². The van der Waals surface area contributed by atoms with Gasteiger partial charge in [0.15, 0.2) is 0 Å². The summed E-state index contributed by atoms with van der Waals surface area (Å²) in [6.07, 6.45) is 5.65. The number of Topliss-reactive ketones (excluding diaryl/α,β-unsaturated/α-hetero) is 1. The van der Waals surface area contributed by atoms with Gasteiger partial charge in [0.2, 0.25) is 0 Å². The van der Waals surface area contributed by atoms with E-state index in [1.54, 1.807) is 18.3 Å². The van der Waals surface area contributed by atoms with Crippen LogP contribution in [0, 0.1) is 13.8 Å². The highest BCUT2D eigenvalue weighted by Gasteiger charge is 2.23. The van der Waals surface area contributed by atoms with Gasteiger partial charge >= 0.3 is 0 Å². The van der Waals surface area contributed by atoms with Crippen molar-refractivity contribution in [3.05, 3.63) is 15.6 Å². The molecule has 1 unspecified atom stereocenters. The van der Waals surface area contributed by atoms with Gasteiger partial charge in [0, 0.05) is 17.3 Å². The fourth-order valence-corrected chi connectivity index (χ4v) is 3.75. The van der Waals surface area contributed by atoms with E-state index in [4.69, 9.17) is 0 Å². The van der Waals surface area contributed by atoms with Crippen molar-refractivity contribution in [1.82, 2.24) is 9.88 Å². The Morgan fingerprint density at radius 1 is 1.37 bits per heavy atom. The molecule has 106 valence electrons. The van der Waals surface area contributed by atoms with Crippen molar-refractivity contribution < 1.29 is 4.79 Å². The fourth-order valence-electron chi connectivity index (χ4n) is 2.79. The second-order valence-electron chi connectivity index (χ2n) is 5.63. The monoisotopic (exact) mass is 280 g/mol. The van der Waals surface area contributed by atoms with E-state index < -0.39 is 0 Å². The number of carbonyl (C=O) groups excluding carboxylic acids is 1. The van der Waals surface area contributed by atoms with Crippen LogP contribution < -0.4 is 0 Å². The molecule has 1 saturated heterocycles. The first-order valence-corrected chi connectivity index (χ1v) is 8.04. The molecule has 0 aromatic carbocycles. The molecule has 2 rings (SSSR count). The van der Waals surface area contributed by atoms with Crippen LogP contribution in [0.3, 0.4) is 0 Å². The average molecular weight is 280 g/mol. The smallest absolute Gasteiger partial charge is 0.131 e. The van der Waals surface area contributed by atoms with Crippen molar-refractivity contribution in [2.45, 2.75) is 65.5 Å². The van der Waals surface area contributed by atoms with Crippen LogP contribution in [0.5, 0.6) is 0 Å². The van der Waals surface area contributed by atoms with E-state index in [1.807, 2.05) is 0 Å². The molecule has 3 nitrogen and oxygen atoms in total. The molecule has 1 aliphatic rings. The lowest BCUT2D eigenvalue weighted by molar-refractivity contribution is -0.118. The number of rotatable bonds is 4. The SMILES string of the molecule is CC(=O)CC1CCCCCN1Cc1nc(C)c(C)s1. The largest absolute Gasteiger partial charge is 0.300 e. The van der Waals surface area contributed by atoms with E-state index in [0.717, 1.165) is 25.2 Å². The van der Waals surface area contributed by atoms with E-state index in [0.29, 0.717) is 18.2 Å². The fraction of sp³-hybridized carbons (Fsp3) is 0.733. The standard InChI is InChI=1S/C15H24N2OS/c1-11(18)9-14-7-5-4-6-8-17(14)10-15-16-12(2)13(3)19-15/h14H,4-10H2,1-3H3. The zero-order valence-corrected chi connectivity index (χ0v) is 13.1. The Morgan fingerprint density at radius 2 is 2.16 bits per heavy atom. The third-order valence-corrected chi connectivity index (χ3v) is 4.99. The van der Waals surface area contributed by atoms with Gasteiger partial charge in [0.05, 0.1) is 12.2 Å². The molecule has 0 amide bonds. The van der Waals surface area contributed by atoms with Gasteiger partial charge in [-0.05, 0) is 40.2 Å². The van der Waals surface area contributed by atoms with Crippen LogP contribution in [0.25, 0.3) is 0 Å². The number of hydrogen-bond acceptors (Lipinski definition) is 4. The highest BCUT2D eigenvalue weighted by molar-refractivity contribution is 7.11. The summed E-state index contributed by atoms with van der Waals surface area (Å²) in [4.78, 5) is 19.9. The predicted molar refractivity (Wildman–Crippen MR) is 79.6 cm³/mol. The second kappa shape index (κ2) is 6.62. The molecule has 1 aromatic heterocycles. The van der Waals surface area contributed by atoms with Crippen LogP contribution in [0.2, 0.25) is 0 Å². The van der Waals surface area contributed by atoms with Crippen molar-refractivity contribution in [1.29, 1.82) is 0 Å². The molecular weight excluding hydrogens is 256 g/mol. The first-order valence-electron chi connectivity index (χ1n) is 7.22. The molecule has 4 heteroatoms. The zero-order valence-electron chi connectivity index (χ0n) is 12.2. The van der Waals surface area contributed by atoms with Crippen LogP contribution in [0.4, 0.5) is 0 Å². The number of aromatic nitrogens is 1. The Bertz CT molecular complexity index is 422. The summed E-state index contributed by atoms with van der Waals surface area (Å²) in [5.74, 6) is 0.309. The summed E-state index contributed by atoms with van der Waals surface area (Å²) < 4.78 is 0. The Balaban J connectivity index is 2.06. The molecule has 1 aliphatic heterocycles. The van der Waals surface area contributed by atoms with Crippen molar-refractivity contribution in [2.75, 3.05) is 6.54 Å². The Morgan fingerprint density at radius 3 is 2.79 bits per heavy atom. The van der Waals surface area contributed by atoms with Gasteiger partial charge in [-0.2, -0.15) is 0 Å². The highest BCUT2D eigenvalue weighted by Crippen LogP contribution is 2.24. The highest BCUT2D eigenvalue weighted by atomic mass is 32.1. The van der Waals surface area contributed by atoms with Gasteiger partial charge in [0.1, 0.15) is 10.8 Å². The molecule has 0 radical (unpaired) electrons. The zero-order chi connectivity index (χ0) is 13.8. The van der Waals surface area contributed by atoms with Gasteiger partial charge in [-0.1, -0.05) is 12.8 Å². The molecule has 0 spiro atoms. The summed E-state index contributed by atoms with van der Waals surface area (Å²) in [5.41, 5.74) is 1.15. The Labute approximate surface area is 120 Å². The van der Waals surface area contributed by atoms with Gasteiger partial charge < -0.3 is 0 Å². The van der Waals surface area contributed by atoms with Gasteiger partial charge in [0.25, 0.3) is 0 Å². The lowest BCUT2D eigenvalue weighted by Crippen LogP contribution is -2.35. The molecule has 1 fully saturated rings. The van der Waals surface area contributed by atoms with E-state index in [2.05, 4.69) is 23.7 Å². The van der Waals surface area contributed by atoms with E-state index in [1.165, 1.54) is 29.1 Å². The number of carbonyl (C=O) groups is 1. The van der Waals surface area contributed by atoms with Crippen LogP contribution >= 0.6 is 11.3 Å². The maximum absolute atomic E-state index is 11.4. The third-order valence-electron chi connectivity index (χ3n) is 3.93. The lowest BCUT2D eigenvalue weighted by atomic mass is 10.0. The van der Waals surface area contributed by atoms with Crippen LogP contribution in [0.15, 0.2) is 0 Å². The molecule has 1 atom stereocenters. The lowest BCUT2D eigenvalue weighted by Gasteiger charge is -2.28. The van der Waals surface area contributed by atoms with Gasteiger partial charge in [-0.25, -0.2) is 4.98 Å². The normalized spacial score (nSPS) is 21.3. The molecule has 2 heterocycles. The third kappa shape index (κ3) is 4.11. The molecule has 1 aromatic rings. The molecule has 0 aliphatic carbocycles. The minimum Gasteiger partial charge on any atom is -0.300 e. The summed E-state index contributed by atoms with van der Waals surface area (Å²) in [5, 5.41) is 1.20. The van der Waals surface area contributed by atoms with Gasteiger partial charge in [-0.15, -0.1) is 11.3 Å². The van der Waals surface area contributed by atoms with Crippen molar-refractivity contribution in [3.8, 4) is 0 Å². The summed E-state index contributed by atoms with van der Waals surface area (Å²) >= 11 is 1.80. The van der Waals surface area contributed by atoms with Gasteiger partial charge in [-0.3, -0.25) is 9.69 Å². The Hall–Kier alpha value is -0.740. The van der Waals surface area contributed by atoms with Crippen LogP contribution in [0.1, 0.15) is 54.6 Å². The predicted octanol–water partition coefficient (Wildman–Crippen LogP) is 3.48. The maximum atomic E-state index is 11.4. The number of nitrogens with zero attached hydrogens (tertiary/aromatic N) is 2. The number of hydrogen-bond donors (Lipinski definition) is 0. The van der Waals surface area contributed by atoms with Crippen LogP contribution in [-0.4, -0.2) is 28.3 Å². The number of aryl methyl sites for hydroxylation is 2. The van der Waals surface area contributed by atoms with Crippen molar-refractivity contribution in [2.24, 2.45) is 0 Å². The Kier molecular flexibility index (Phi) is 5.11. The van der Waals surface area contributed by atoms with Crippen molar-refractivity contribution in [3.63, 3.8) is 0 Å². The topological polar surface area (TPSA) is 33.2 Å². The minimum atomic E-state index is 0.309. The average Bonchev–Trinajstić information content (AvgIpc) is 2.52. The first-order chi connectivity index (χ1) is 9.06. The molecular formula is C15H24N2OS. The minimum absolute atomic E-state index is 0.309. The summed E-state index contributed by atoms with van der Waals surface area (Å²) in [6, 6.07) is 0.421. The number of thiazole rings is 1. The second-order valence-corrected chi connectivity index (χ2v) is 6.92. The number of likely N-dealkylation sites (tertiary alicyclic amines) is 1. The maximum Gasteiger partial charge on any atom is 0.131 e.